The van der Waals surface area contributed by atoms with E-state index in [9.17, 15) is 5.11 Å². The maximum atomic E-state index is 10.7. The van der Waals surface area contributed by atoms with Gasteiger partial charge in [-0.25, -0.2) is 0 Å². The average Bonchev–Trinajstić information content (AvgIpc) is 2.45. The van der Waals surface area contributed by atoms with Crippen LogP contribution in [0.4, 0.5) is 11.4 Å². The fourth-order valence-corrected chi connectivity index (χ4v) is 2.82. The van der Waals surface area contributed by atoms with E-state index in [2.05, 4.69) is 51.8 Å². The summed E-state index contributed by atoms with van der Waals surface area (Å²) in [6.07, 6.45) is 0. The molecule has 0 spiro atoms. The van der Waals surface area contributed by atoms with Gasteiger partial charge in [0.15, 0.2) is 0 Å². The molecule has 0 aliphatic carbocycles. The van der Waals surface area contributed by atoms with Crippen molar-refractivity contribution in [3.8, 4) is 5.75 Å². The van der Waals surface area contributed by atoms with Crippen molar-refractivity contribution in [1.29, 1.82) is 0 Å². The Hall–Kier alpha value is -1.58. The van der Waals surface area contributed by atoms with E-state index in [0.717, 1.165) is 11.1 Å². The first kappa shape index (κ1) is 19.7. The lowest BCUT2D eigenvalue weighted by molar-refractivity contribution is 0.446. The molecule has 2 aromatic carbocycles. The number of rotatable bonds is 2. The summed E-state index contributed by atoms with van der Waals surface area (Å²) in [7, 11) is 0. The molecule has 0 atom stereocenters. The molecule has 2 aromatic rings. The molecular formula is C20H24Cl2N2O. The van der Waals surface area contributed by atoms with Crippen LogP contribution in [0.5, 0.6) is 5.75 Å². The lowest BCUT2D eigenvalue weighted by Gasteiger charge is -2.26. The van der Waals surface area contributed by atoms with Gasteiger partial charge in [0.25, 0.3) is 0 Å². The molecule has 134 valence electrons. The van der Waals surface area contributed by atoms with E-state index < -0.39 is 0 Å². The van der Waals surface area contributed by atoms with Gasteiger partial charge < -0.3 is 5.11 Å². The van der Waals surface area contributed by atoms with E-state index in [-0.39, 0.29) is 16.6 Å². The Morgan fingerprint density at radius 2 is 1.40 bits per heavy atom. The number of hydrogen-bond donors (Lipinski definition) is 1. The molecule has 0 aliphatic rings. The molecule has 0 aliphatic heterocycles. The molecule has 0 aromatic heterocycles. The van der Waals surface area contributed by atoms with Crippen LogP contribution in [0.15, 0.2) is 40.6 Å². The van der Waals surface area contributed by atoms with Crippen LogP contribution in [0.3, 0.4) is 0 Å². The standard InChI is InChI=1S/C20H24Cl2N2O/c1-19(2,3)12-9-14(20(4,5)6)18(25)17(10-12)24-23-16-8-7-13(21)11-15(16)22/h7-11,25H,1-6H3. The summed E-state index contributed by atoms with van der Waals surface area (Å²) in [6.45, 7) is 12.6. The Morgan fingerprint density at radius 3 is 1.92 bits per heavy atom. The number of benzene rings is 2. The molecule has 1 N–H and O–H groups in total. The van der Waals surface area contributed by atoms with E-state index in [0.29, 0.717) is 21.4 Å². The minimum atomic E-state index is -0.215. The number of hydrogen-bond acceptors (Lipinski definition) is 3. The van der Waals surface area contributed by atoms with E-state index in [1.165, 1.54) is 0 Å². The summed E-state index contributed by atoms with van der Waals surface area (Å²) in [5.41, 5.74) is 2.58. The van der Waals surface area contributed by atoms with Crippen molar-refractivity contribution >= 4 is 34.6 Å². The Kier molecular flexibility index (Phi) is 5.50. The molecule has 5 heteroatoms. The zero-order valence-corrected chi connectivity index (χ0v) is 17.0. The van der Waals surface area contributed by atoms with Gasteiger partial charge in [-0.2, -0.15) is 0 Å². The van der Waals surface area contributed by atoms with E-state index >= 15 is 0 Å². The number of nitrogens with zero attached hydrogens (tertiary/aromatic N) is 2. The first-order valence-electron chi connectivity index (χ1n) is 8.14. The van der Waals surface area contributed by atoms with Gasteiger partial charge in [-0.1, -0.05) is 70.8 Å². The molecule has 0 unspecified atom stereocenters. The monoisotopic (exact) mass is 378 g/mol. The van der Waals surface area contributed by atoms with Crippen molar-refractivity contribution in [3.05, 3.63) is 51.5 Å². The minimum Gasteiger partial charge on any atom is -0.505 e. The number of halogens is 2. The first-order valence-corrected chi connectivity index (χ1v) is 8.90. The highest BCUT2D eigenvalue weighted by Gasteiger charge is 2.25. The molecule has 0 radical (unpaired) electrons. The second kappa shape index (κ2) is 6.97. The number of phenolic OH excluding ortho intramolecular Hbond substituents is 1. The van der Waals surface area contributed by atoms with Crippen LogP contribution in [0, 0.1) is 0 Å². The Bertz CT molecular complexity index is 816. The zero-order chi connectivity index (χ0) is 19.0. The summed E-state index contributed by atoms with van der Waals surface area (Å²) in [6, 6.07) is 8.93. The molecule has 0 fully saturated rings. The highest BCUT2D eigenvalue weighted by molar-refractivity contribution is 6.36. The SMILES string of the molecule is CC(C)(C)c1cc(N=Nc2ccc(Cl)cc2Cl)c(O)c(C(C)(C)C)c1. The van der Waals surface area contributed by atoms with Gasteiger partial charge >= 0.3 is 0 Å². The highest BCUT2D eigenvalue weighted by atomic mass is 35.5. The molecule has 0 bridgehead atoms. The van der Waals surface area contributed by atoms with Crippen LogP contribution in [-0.4, -0.2) is 5.11 Å². The average molecular weight is 379 g/mol. The predicted molar refractivity (Wildman–Crippen MR) is 106 cm³/mol. The van der Waals surface area contributed by atoms with Crippen molar-refractivity contribution in [2.45, 2.75) is 52.4 Å². The zero-order valence-electron chi connectivity index (χ0n) is 15.5. The van der Waals surface area contributed by atoms with Crippen LogP contribution < -0.4 is 0 Å². The van der Waals surface area contributed by atoms with Gasteiger partial charge in [-0.05, 0) is 40.7 Å². The smallest absolute Gasteiger partial charge is 0.146 e. The van der Waals surface area contributed by atoms with Gasteiger partial charge in [0, 0.05) is 10.6 Å². The highest BCUT2D eigenvalue weighted by Crippen LogP contribution is 2.42. The number of aromatic hydroxyl groups is 1. The lowest BCUT2D eigenvalue weighted by atomic mass is 9.80. The fraction of sp³-hybridized carbons (Fsp3) is 0.400. The quantitative estimate of drug-likeness (QED) is 0.534. The number of azo groups is 1. The third-order valence-electron chi connectivity index (χ3n) is 3.94. The Morgan fingerprint density at radius 1 is 0.800 bits per heavy atom. The van der Waals surface area contributed by atoms with Crippen LogP contribution in [0.2, 0.25) is 10.0 Å². The second-order valence-electron chi connectivity index (χ2n) is 8.19. The summed E-state index contributed by atoms with van der Waals surface area (Å²) in [5.74, 6) is 0.148. The van der Waals surface area contributed by atoms with Crippen molar-refractivity contribution in [3.63, 3.8) is 0 Å². The third-order valence-corrected chi connectivity index (χ3v) is 4.48. The first-order chi connectivity index (χ1) is 11.4. The van der Waals surface area contributed by atoms with Crippen LogP contribution in [-0.2, 0) is 10.8 Å². The van der Waals surface area contributed by atoms with Crippen molar-refractivity contribution in [2.75, 3.05) is 0 Å². The molecule has 0 amide bonds. The van der Waals surface area contributed by atoms with Crippen LogP contribution in [0.1, 0.15) is 52.7 Å². The largest absolute Gasteiger partial charge is 0.505 e. The van der Waals surface area contributed by atoms with E-state index in [1.807, 2.05) is 12.1 Å². The molecule has 2 rings (SSSR count). The van der Waals surface area contributed by atoms with Gasteiger partial charge in [-0.3, -0.25) is 0 Å². The van der Waals surface area contributed by atoms with E-state index in [4.69, 9.17) is 23.2 Å². The second-order valence-corrected chi connectivity index (χ2v) is 9.03. The van der Waals surface area contributed by atoms with Crippen molar-refractivity contribution in [2.24, 2.45) is 10.2 Å². The summed E-state index contributed by atoms with van der Waals surface area (Å²) >= 11 is 12.0. The molecular weight excluding hydrogens is 355 g/mol. The Labute approximate surface area is 159 Å². The summed E-state index contributed by atoms with van der Waals surface area (Å²) in [4.78, 5) is 0. The predicted octanol–water partition coefficient (Wildman–Crippen LogP) is 7.71. The molecule has 3 nitrogen and oxygen atoms in total. The van der Waals surface area contributed by atoms with Crippen LogP contribution >= 0.6 is 23.2 Å². The van der Waals surface area contributed by atoms with E-state index in [1.54, 1.807) is 18.2 Å². The maximum absolute atomic E-state index is 10.7. The van der Waals surface area contributed by atoms with Crippen LogP contribution in [0.25, 0.3) is 0 Å². The lowest BCUT2D eigenvalue weighted by Crippen LogP contribution is -2.16. The fourth-order valence-electron chi connectivity index (χ4n) is 2.37. The molecule has 0 heterocycles. The summed E-state index contributed by atoms with van der Waals surface area (Å²) in [5, 5.41) is 20.1. The third kappa shape index (κ3) is 4.74. The van der Waals surface area contributed by atoms with Gasteiger partial charge in [0.1, 0.15) is 17.1 Å². The van der Waals surface area contributed by atoms with Crippen molar-refractivity contribution < 1.29 is 5.11 Å². The number of phenols is 1. The topological polar surface area (TPSA) is 45.0 Å². The Balaban J connectivity index is 2.58. The maximum Gasteiger partial charge on any atom is 0.146 e. The minimum absolute atomic E-state index is 0.0735. The summed E-state index contributed by atoms with van der Waals surface area (Å²) < 4.78 is 0. The molecule has 0 saturated heterocycles. The van der Waals surface area contributed by atoms with Crippen molar-refractivity contribution in [1.82, 2.24) is 0 Å². The molecule has 0 saturated carbocycles. The van der Waals surface area contributed by atoms with Gasteiger partial charge in [0.05, 0.1) is 5.02 Å². The molecule has 25 heavy (non-hydrogen) atoms. The van der Waals surface area contributed by atoms with Gasteiger partial charge in [0.2, 0.25) is 0 Å². The van der Waals surface area contributed by atoms with Gasteiger partial charge in [-0.15, -0.1) is 10.2 Å². The normalized spacial score (nSPS) is 12.8.